The molecule has 0 heterocycles. The van der Waals surface area contributed by atoms with Crippen LogP contribution in [0.4, 0.5) is 0 Å². The van der Waals surface area contributed by atoms with Gasteiger partial charge in [0.15, 0.2) is 6.61 Å². The molecule has 120 valence electrons. The summed E-state index contributed by atoms with van der Waals surface area (Å²) in [5.41, 5.74) is 2.87. The molecular weight excluding hydrogens is 294 g/mol. The van der Waals surface area contributed by atoms with Crippen LogP contribution in [0.15, 0.2) is 53.7 Å². The summed E-state index contributed by atoms with van der Waals surface area (Å²) in [4.78, 5) is 15.8. The van der Waals surface area contributed by atoms with Crippen LogP contribution in [-0.4, -0.2) is 30.5 Å². The lowest BCUT2D eigenvalue weighted by Crippen LogP contribution is -2.05. The number of benzene rings is 2. The van der Waals surface area contributed by atoms with E-state index in [1.807, 2.05) is 31.2 Å². The largest absolute Gasteiger partial charge is 0.490 e. The van der Waals surface area contributed by atoms with Crippen LogP contribution in [0.1, 0.15) is 16.7 Å². The maximum Gasteiger partial charge on any atom is 0.307 e. The van der Waals surface area contributed by atoms with Crippen molar-refractivity contribution in [3.8, 4) is 5.75 Å². The summed E-state index contributed by atoms with van der Waals surface area (Å²) in [6.45, 7) is 2.67. The fourth-order valence-corrected chi connectivity index (χ4v) is 1.92. The van der Waals surface area contributed by atoms with Gasteiger partial charge >= 0.3 is 5.97 Å². The van der Waals surface area contributed by atoms with E-state index in [1.165, 1.54) is 5.56 Å². The van der Waals surface area contributed by atoms with Crippen LogP contribution in [-0.2, 0) is 16.1 Å². The number of ether oxygens (including phenoxy) is 1. The Kier molecular flexibility index (Phi) is 6.17. The first-order valence-electron chi connectivity index (χ1n) is 7.29. The van der Waals surface area contributed by atoms with Gasteiger partial charge in [-0.25, -0.2) is 0 Å². The molecule has 0 spiro atoms. The predicted octanol–water partition coefficient (Wildman–Crippen LogP) is 3.05. The zero-order valence-electron chi connectivity index (χ0n) is 12.9. The predicted molar refractivity (Wildman–Crippen MR) is 88.0 cm³/mol. The molecule has 1 N–H and O–H groups in total. The van der Waals surface area contributed by atoms with Crippen LogP contribution in [0.2, 0.25) is 0 Å². The monoisotopic (exact) mass is 313 g/mol. The summed E-state index contributed by atoms with van der Waals surface area (Å²) in [6.07, 6.45) is 1.63. The molecule has 0 radical (unpaired) electrons. The van der Waals surface area contributed by atoms with E-state index in [0.29, 0.717) is 24.5 Å². The van der Waals surface area contributed by atoms with Gasteiger partial charge in [-0.05, 0) is 30.2 Å². The molecule has 0 atom stereocenters. The summed E-state index contributed by atoms with van der Waals surface area (Å²) in [5, 5.41) is 12.6. The van der Waals surface area contributed by atoms with Gasteiger partial charge in [0, 0.05) is 0 Å². The number of carbonyl (C=O) groups is 1. The van der Waals surface area contributed by atoms with Crippen molar-refractivity contribution in [2.45, 2.75) is 13.3 Å². The van der Waals surface area contributed by atoms with Crippen molar-refractivity contribution in [3.63, 3.8) is 0 Å². The van der Waals surface area contributed by atoms with Crippen LogP contribution in [0.3, 0.4) is 0 Å². The molecule has 0 amide bonds. The number of aliphatic carboxylic acids is 1. The minimum absolute atomic E-state index is 0.0193. The molecular formula is C18H19NO4. The molecule has 5 nitrogen and oxygen atoms in total. The summed E-state index contributed by atoms with van der Waals surface area (Å²) in [6, 6.07) is 15.0. The number of hydrogen-bond donors (Lipinski definition) is 1. The van der Waals surface area contributed by atoms with Crippen LogP contribution in [0, 0.1) is 6.92 Å². The first-order chi connectivity index (χ1) is 11.1. The van der Waals surface area contributed by atoms with Crippen molar-refractivity contribution in [2.75, 3.05) is 13.2 Å². The van der Waals surface area contributed by atoms with Gasteiger partial charge in [0.2, 0.25) is 0 Å². The lowest BCUT2D eigenvalue weighted by molar-refractivity contribution is -0.136. The SMILES string of the molecule is Cc1ccc(C=NOCCOc2cccc(CC(=O)O)c2)cc1. The van der Waals surface area contributed by atoms with E-state index in [1.54, 1.807) is 30.5 Å². The van der Waals surface area contributed by atoms with Crippen molar-refractivity contribution in [2.24, 2.45) is 5.16 Å². The Bertz CT molecular complexity index is 665. The number of aryl methyl sites for hydroxylation is 1. The Balaban J connectivity index is 1.71. The quantitative estimate of drug-likeness (QED) is 0.462. The molecule has 0 fully saturated rings. The van der Waals surface area contributed by atoms with Crippen molar-refractivity contribution >= 4 is 12.2 Å². The molecule has 5 heteroatoms. The topological polar surface area (TPSA) is 68.1 Å². The Morgan fingerprint density at radius 1 is 1.17 bits per heavy atom. The maximum atomic E-state index is 10.7. The minimum Gasteiger partial charge on any atom is -0.490 e. The highest BCUT2D eigenvalue weighted by Crippen LogP contribution is 2.13. The van der Waals surface area contributed by atoms with Crippen molar-refractivity contribution in [1.82, 2.24) is 0 Å². The highest BCUT2D eigenvalue weighted by Gasteiger charge is 2.02. The first kappa shape index (κ1) is 16.5. The Hall–Kier alpha value is -2.82. The number of carboxylic acid groups (broad SMARTS) is 1. The average Bonchev–Trinajstić information content (AvgIpc) is 2.52. The zero-order chi connectivity index (χ0) is 16.5. The van der Waals surface area contributed by atoms with E-state index in [0.717, 1.165) is 5.56 Å². The molecule has 2 aromatic carbocycles. The van der Waals surface area contributed by atoms with Gasteiger partial charge in [-0.1, -0.05) is 47.1 Å². The van der Waals surface area contributed by atoms with Gasteiger partial charge < -0.3 is 14.7 Å². The number of rotatable bonds is 8. The second-order valence-electron chi connectivity index (χ2n) is 5.04. The maximum absolute atomic E-state index is 10.7. The molecule has 0 aromatic heterocycles. The molecule has 0 aliphatic carbocycles. The van der Waals surface area contributed by atoms with Gasteiger partial charge in [0.05, 0.1) is 12.6 Å². The minimum atomic E-state index is -0.865. The fourth-order valence-electron chi connectivity index (χ4n) is 1.92. The van der Waals surface area contributed by atoms with Gasteiger partial charge in [0.25, 0.3) is 0 Å². The zero-order valence-corrected chi connectivity index (χ0v) is 12.9. The summed E-state index contributed by atoms with van der Waals surface area (Å²) < 4.78 is 5.50. The summed E-state index contributed by atoms with van der Waals surface area (Å²) in [7, 11) is 0. The third-order valence-corrected chi connectivity index (χ3v) is 3.05. The lowest BCUT2D eigenvalue weighted by atomic mass is 10.1. The Morgan fingerprint density at radius 3 is 2.70 bits per heavy atom. The molecule has 0 aliphatic heterocycles. The summed E-state index contributed by atoms with van der Waals surface area (Å²) in [5.74, 6) is -0.245. The number of carboxylic acids is 1. The van der Waals surface area contributed by atoms with Crippen LogP contribution in [0.25, 0.3) is 0 Å². The third-order valence-electron chi connectivity index (χ3n) is 3.05. The highest BCUT2D eigenvalue weighted by atomic mass is 16.6. The van der Waals surface area contributed by atoms with Crippen molar-refractivity contribution in [3.05, 3.63) is 65.2 Å². The van der Waals surface area contributed by atoms with E-state index in [-0.39, 0.29) is 6.42 Å². The standard InChI is InChI=1S/C18H19NO4/c1-14-5-7-15(8-6-14)13-19-23-10-9-22-17-4-2-3-16(11-17)12-18(20)21/h2-8,11,13H,9-10,12H2,1H3,(H,20,21). The molecule has 0 aliphatic rings. The molecule has 2 aromatic rings. The number of hydrogen-bond acceptors (Lipinski definition) is 4. The second kappa shape index (κ2) is 8.58. The molecule has 0 unspecified atom stereocenters. The van der Waals surface area contributed by atoms with Gasteiger partial charge in [0.1, 0.15) is 12.4 Å². The molecule has 2 rings (SSSR count). The van der Waals surface area contributed by atoms with Crippen LogP contribution in [0.5, 0.6) is 5.75 Å². The first-order valence-corrected chi connectivity index (χ1v) is 7.29. The molecule has 0 saturated heterocycles. The highest BCUT2D eigenvalue weighted by molar-refractivity contribution is 5.79. The van der Waals surface area contributed by atoms with Crippen molar-refractivity contribution in [1.29, 1.82) is 0 Å². The van der Waals surface area contributed by atoms with Gasteiger partial charge in [-0.15, -0.1) is 0 Å². The van der Waals surface area contributed by atoms with Gasteiger partial charge in [-0.2, -0.15) is 0 Å². The van der Waals surface area contributed by atoms with E-state index >= 15 is 0 Å². The molecule has 0 saturated carbocycles. The van der Waals surface area contributed by atoms with E-state index in [9.17, 15) is 4.79 Å². The number of nitrogens with zero attached hydrogens (tertiary/aromatic N) is 1. The van der Waals surface area contributed by atoms with Crippen molar-refractivity contribution < 1.29 is 19.5 Å². The molecule has 23 heavy (non-hydrogen) atoms. The smallest absolute Gasteiger partial charge is 0.307 e. The van der Waals surface area contributed by atoms with E-state index in [2.05, 4.69) is 5.16 Å². The van der Waals surface area contributed by atoms with E-state index in [4.69, 9.17) is 14.7 Å². The molecule has 0 bridgehead atoms. The summed E-state index contributed by atoms with van der Waals surface area (Å²) >= 11 is 0. The normalized spacial score (nSPS) is 10.7. The fraction of sp³-hybridized carbons (Fsp3) is 0.222. The van der Waals surface area contributed by atoms with Crippen LogP contribution < -0.4 is 4.74 Å². The second-order valence-corrected chi connectivity index (χ2v) is 5.04. The van der Waals surface area contributed by atoms with Crippen LogP contribution >= 0.6 is 0 Å². The third kappa shape index (κ3) is 6.22. The average molecular weight is 313 g/mol. The Labute approximate surface area is 135 Å². The number of oxime groups is 1. The Morgan fingerprint density at radius 2 is 1.96 bits per heavy atom. The lowest BCUT2D eigenvalue weighted by Gasteiger charge is -2.06. The van der Waals surface area contributed by atoms with Gasteiger partial charge in [-0.3, -0.25) is 4.79 Å². The van der Waals surface area contributed by atoms with E-state index < -0.39 is 5.97 Å².